The molecule has 0 unspecified atom stereocenters. The lowest BCUT2D eigenvalue weighted by atomic mass is 10.1. The van der Waals surface area contributed by atoms with E-state index in [1.54, 1.807) is 39.9 Å². The summed E-state index contributed by atoms with van der Waals surface area (Å²) < 4.78 is 7.39. The molecule has 0 saturated heterocycles. The maximum Gasteiger partial charge on any atom is 0.254 e. The van der Waals surface area contributed by atoms with E-state index in [9.17, 15) is 4.79 Å². The maximum atomic E-state index is 13.0. The van der Waals surface area contributed by atoms with Crippen LogP contribution in [0.3, 0.4) is 0 Å². The average molecular weight is 412 g/mol. The summed E-state index contributed by atoms with van der Waals surface area (Å²) in [5.41, 5.74) is 1.45. The zero-order valence-electron chi connectivity index (χ0n) is 16.2. The Labute approximate surface area is 174 Å². The van der Waals surface area contributed by atoms with Crippen molar-refractivity contribution in [3.05, 3.63) is 83.2 Å². The van der Waals surface area contributed by atoms with E-state index in [4.69, 9.17) is 16.3 Å². The van der Waals surface area contributed by atoms with Crippen molar-refractivity contribution in [3.63, 3.8) is 0 Å². The number of halogens is 1. The van der Waals surface area contributed by atoms with E-state index in [0.29, 0.717) is 41.8 Å². The number of rotatable bonds is 9. The molecule has 1 amide bonds. The van der Waals surface area contributed by atoms with Gasteiger partial charge in [-0.2, -0.15) is 0 Å². The number of hydrogen-bond acceptors (Lipinski definition) is 5. The lowest BCUT2D eigenvalue weighted by Gasteiger charge is -2.22. The SMILES string of the molecule is C=CCN(Cc1ccccc1Cl)C(=O)c1ccc(OCc2nnnn2CC)cc1. The second kappa shape index (κ2) is 9.84. The van der Waals surface area contributed by atoms with Gasteiger partial charge in [-0.05, 0) is 53.2 Å². The van der Waals surface area contributed by atoms with Gasteiger partial charge in [-0.3, -0.25) is 4.79 Å². The van der Waals surface area contributed by atoms with Crippen LogP contribution >= 0.6 is 11.6 Å². The van der Waals surface area contributed by atoms with Crippen molar-refractivity contribution >= 4 is 17.5 Å². The lowest BCUT2D eigenvalue weighted by molar-refractivity contribution is 0.0762. The summed E-state index contributed by atoms with van der Waals surface area (Å²) in [6, 6.07) is 14.5. The summed E-state index contributed by atoms with van der Waals surface area (Å²) >= 11 is 6.24. The Bertz CT molecular complexity index is 971. The van der Waals surface area contributed by atoms with Gasteiger partial charge in [0.1, 0.15) is 12.4 Å². The Kier molecular flexibility index (Phi) is 6.97. The van der Waals surface area contributed by atoms with E-state index < -0.39 is 0 Å². The molecule has 0 bridgehead atoms. The minimum atomic E-state index is -0.105. The van der Waals surface area contributed by atoms with Gasteiger partial charge in [0.05, 0.1) is 0 Å². The van der Waals surface area contributed by atoms with Crippen molar-refractivity contribution in [2.24, 2.45) is 0 Å². The molecule has 29 heavy (non-hydrogen) atoms. The number of aryl methyl sites for hydroxylation is 1. The molecule has 8 heteroatoms. The molecule has 0 radical (unpaired) electrons. The molecule has 0 atom stereocenters. The summed E-state index contributed by atoms with van der Waals surface area (Å²) in [4.78, 5) is 14.6. The molecule has 1 heterocycles. The van der Waals surface area contributed by atoms with Crippen molar-refractivity contribution in [2.75, 3.05) is 6.54 Å². The predicted molar refractivity (Wildman–Crippen MR) is 111 cm³/mol. The summed E-state index contributed by atoms with van der Waals surface area (Å²) in [5, 5.41) is 12.1. The number of nitrogens with zero attached hydrogens (tertiary/aromatic N) is 5. The molecule has 2 aromatic carbocycles. The Balaban J connectivity index is 1.67. The number of amides is 1. The van der Waals surface area contributed by atoms with E-state index in [0.717, 1.165) is 5.56 Å². The van der Waals surface area contributed by atoms with Crippen LogP contribution in [0, 0.1) is 0 Å². The Morgan fingerprint density at radius 3 is 2.69 bits per heavy atom. The average Bonchev–Trinajstić information content (AvgIpc) is 3.21. The predicted octanol–water partition coefficient (Wildman–Crippen LogP) is 3.75. The highest BCUT2D eigenvalue weighted by atomic mass is 35.5. The van der Waals surface area contributed by atoms with Crippen LogP contribution in [-0.2, 0) is 19.7 Å². The van der Waals surface area contributed by atoms with Crippen molar-refractivity contribution in [1.82, 2.24) is 25.1 Å². The minimum Gasteiger partial charge on any atom is -0.486 e. The number of aromatic nitrogens is 4. The number of hydrogen-bond donors (Lipinski definition) is 0. The minimum absolute atomic E-state index is 0.105. The first-order valence-electron chi connectivity index (χ1n) is 9.23. The summed E-state index contributed by atoms with van der Waals surface area (Å²) in [5.74, 6) is 1.17. The van der Waals surface area contributed by atoms with Gasteiger partial charge in [-0.1, -0.05) is 35.9 Å². The van der Waals surface area contributed by atoms with Gasteiger partial charge in [0.25, 0.3) is 5.91 Å². The normalized spacial score (nSPS) is 10.6. The highest BCUT2D eigenvalue weighted by Gasteiger charge is 2.16. The number of benzene rings is 2. The topological polar surface area (TPSA) is 73.1 Å². The van der Waals surface area contributed by atoms with Gasteiger partial charge < -0.3 is 9.64 Å². The summed E-state index contributed by atoms with van der Waals surface area (Å²) in [7, 11) is 0. The molecular formula is C21H22ClN5O2. The van der Waals surface area contributed by atoms with Crippen molar-refractivity contribution < 1.29 is 9.53 Å². The van der Waals surface area contributed by atoms with Crippen LogP contribution in [0.2, 0.25) is 5.02 Å². The first-order valence-corrected chi connectivity index (χ1v) is 9.61. The van der Waals surface area contributed by atoms with E-state index >= 15 is 0 Å². The zero-order chi connectivity index (χ0) is 20.6. The van der Waals surface area contributed by atoms with E-state index in [1.165, 1.54) is 0 Å². The van der Waals surface area contributed by atoms with E-state index in [1.807, 2.05) is 31.2 Å². The molecule has 0 spiro atoms. The third kappa shape index (κ3) is 5.20. The van der Waals surface area contributed by atoms with Crippen LogP contribution in [0.4, 0.5) is 0 Å². The number of carbonyl (C=O) groups is 1. The summed E-state index contributed by atoms with van der Waals surface area (Å²) in [6.07, 6.45) is 1.70. The molecule has 0 aliphatic heterocycles. The van der Waals surface area contributed by atoms with Gasteiger partial charge in [0.2, 0.25) is 0 Å². The number of carbonyl (C=O) groups excluding carboxylic acids is 1. The maximum absolute atomic E-state index is 13.0. The highest BCUT2D eigenvalue weighted by Crippen LogP contribution is 2.20. The standard InChI is InChI=1S/C21H22ClN5O2/c1-3-13-26(14-17-7-5-6-8-19(17)22)21(28)16-9-11-18(12-10-16)29-15-20-23-24-25-27(20)4-2/h3,5-12H,1,4,13-15H2,2H3. The fraction of sp³-hybridized carbons (Fsp3) is 0.238. The molecule has 0 saturated carbocycles. The third-order valence-electron chi connectivity index (χ3n) is 4.33. The van der Waals surface area contributed by atoms with Gasteiger partial charge in [0, 0.05) is 30.2 Å². The van der Waals surface area contributed by atoms with Crippen LogP contribution in [0.25, 0.3) is 0 Å². The molecule has 0 aliphatic rings. The Hall–Kier alpha value is -3.19. The molecule has 150 valence electrons. The monoisotopic (exact) mass is 411 g/mol. The number of ether oxygens (including phenoxy) is 1. The molecule has 0 fully saturated rings. The molecule has 3 rings (SSSR count). The Morgan fingerprint density at radius 2 is 2.00 bits per heavy atom. The molecular weight excluding hydrogens is 390 g/mol. The fourth-order valence-corrected chi connectivity index (χ4v) is 3.00. The van der Waals surface area contributed by atoms with Gasteiger partial charge in [-0.15, -0.1) is 11.7 Å². The van der Waals surface area contributed by atoms with Crippen molar-refractivity contribution in [2.45, 2.75) is 26.6 Å². The molecule has 1 aromatic heterocycles. The first-order chi connectivity index (χ1) is 14.1. The molecule has 0 N–H and O–H groups in total. The molecule has 0 aliphatic carbocycles. The van der Waals surface area contributed by atoms with Crippen LogP contribution in [0.1, 0.15) is 28.7 Å². The largest absolute Gasteiger partial charge is 0.486 e. The quantitative estimate of drug-likeness (QED) is 0.501. The number of tetrazole rings is 1. The molecule has 7 nitrogen and oxygen atoms in total. The van der Waals surface area contributed by atoms with Gasteiger partial charge in [0.15, 0.2) is 5.82 Å². The lowest BCUT2D eigenvalue weighted by Crippen LogP contribution is -2.30. The van der Waals surface area contributed by atoms with Crippen LogP contribution in [0.15, 0.2) is 61.2 Å². The van der Waals surface area contributed by atoms with Gasteiger partial charge >= 0.3 is 0 Å². The van der Waals surface area contributed by atoms with Crippen molar-refractivity contribution in [3.8, 4) is 5.75 Å². The van der Waals surface area contributed by atoms with Crippen molar-refractivity contribution in [1.29, 1.82) is 0 Å². The summed E-state index contributed by atoms with van der Waals surface area (Å²) in [6.45, 7) is 7.46. The van der Waals surface area contributed by atoms with Gasteiger partial charge in [-0.25, -0.2) is 4.68 Å². The first kappa shape index (κ1) is 20.5. The zero-order valence-corrected chi connectivity index (χ0v) is 16.9. The highest BCUT2D eigenvalue weighted by molar-refractivity contribution is 6.31. The smallest absolute Gasteiger partial charge is 0.254 e. The molecule has 3 aromatic rings. The van der Waals surface area contributed by atoms with Crippen LogP contribution < -0.4 is 4.74 Å². The van der Waals surface area contributed by atoms with E-state index in [2.05, 4.69) is 22.1 Å². The third-order valence-corrected chi connectivity index (χ3v) is 4.70. The van der Waals surface area contributed by atoms with Crippen LogP contribution in [-0.4, -0.2) is 37.6 Å². The van der Waals surface area contributed by atoms with Crippen LogP contribution in [0.5, 0.6) is 5.75 Å². The fourth-order valence-electron chi connectivity index (χ4n) is 2.80. The second-order valence-electron chi connectivity index (χ2n) is 6.29. The second-order valence-corrected chi connectivity index (χ2v) is 6.70. The van der Waals surface area contributed by atoms with E-state index in [-0.39, 0.29) is 12.5 Å². The Morgan fingerprint density at radius 1 is 1.24 bits per heavy atom.